The van der Waals surface area contributed by atoms with E-state index in [0.29, 0.717) is 13.0 Å². The SMILES string of the molecule is COc1cc(C(=O)N2CC=C(c3c[nH]c4ccccc34)CC2)c([N+](=O)[O-])cc1OC(F)F. The number of carbonyl (C=O) groups excluding carboxylic acids is 1. The number of benzene rings is 2. The number of fused-ring (bicyclic) bond motifs is 1. The van der Waals surface area contributed by atoms with E-state index in [1.807, 2.05) is 36.5 Å². The average Bonchev–Trinajstić information content (AvgIpc) is 3.22. The van der Waals surface area contributed by atoms with Crippen molar-refractivity contribution < 1.29 is 28.0 Å². The summed E-state index contributed by atoms with van der Waals surface area (Å²) in [5.74, 6) is -1.29. The van der Waals surface area contributed by atoms with Crippen LogP contribution in [-0.2, 0) is 0 Å². The van der Waals surface area contributed by atoms with E-state index in [9.17, 15) is 23.7 Å². The molecule has 0 spiro atoms. The van der Waals surface area contributed by atoms with Crippen molar-refractivity contribution in [1.82, 2.24) is 9.88 Å². The van der Waals surface area contributed by atoms with Crippen molar-refractivity contribution in [3.8, 4) is 11.5 Å². The first-order chi connectivity index (χ1) is 15.4. The fraction of sp³-hybridized carbons (Fsp3) is 0.227. The molecule has 2 aromatic carbocycles. The molecule has 1 amide bonds. The number of ether oxygens (including phenoxy) is 2. The molecule has 0 aliphatic carbocycles. The monoisotopic (exact) mass is 443 g/mol. The van der Waals surface area contributed by atoms with E-state index in [2.05, 4.69) is 9.72 Å². The largest absolute Gasteiger partial charge is 0.493 e. The summed E-state index contributed by atoms with van der Waals surface area (Å²) < 4.78 is 34.6. The molecule has 0 bridgehead atoms. The Kier molecular flexibility index (Phi) is 5.76. The summed E-state index contributed by atoms with van der Waals surface area (Å²) in [4.78, 5) is 28.5. The van der Waals surface area contributed by atoms with Crippen molar-refractivity contribution in [2.75, 3.05) is 20.2 Å². The van der Waals surface area contributed by atoms with Crippen LogP contribution in [0.2, 0.25) is 0 Å². The zero-order valence-electron chi connectivity index (χ0n) is 17.0. The number of nitro groups is 1. The van der Waals surface area contributed by atoms with Gasteiger partial charge in [0.15, 0.2) is 11.5 Å². The lowest BCUT2D eigenvalue weighted by atomic mass is 9.98. The van der Waals surface area contributed by atoms with E-state index < -0.39 is 28.9 Å². The van der Waals surface area contributed by atoms with E-state index in [4.69, 9.17) is 4.74 Å². The summed E-state index contributed by atoms with van der Waals surface area (Å²) in [6.07, 6.45) is 4.39. The number of halogens is 2. The zero-order chi connectivity index (χ0) is 22.8. The molecule has 1 aliphatic heterocycles. The normalized spacial score (nSPS) is 13.9. The fourth-order valence-electron chi connectivity index (χ4n) is 3.82. The van der Waals surface area contributed by atoms with E-state index in [1.165, 1.54) is 12.0 Å². The van der Waals surface area contributed by atoms with E-state index in [-0.39, 0.29) is 17.9 Å². The maximum absolute atomic E-state index is 13.1. The molecule has 166 valence electrons. The van der Waals surface area contributed by atoms with E-state index >= 15 is 0 Å². The van der Waals surface area contributed by atoms with E-state index in [1.54, 1.807) is 0 Å². The molecule has 0 atom stereocenters. The minimum Gasteiger partial charge on any atom is -0.493 e. The maximum atomic E-state index is 13.1. The first kappa shape index (κ1) is 21.3. The maximum Gasteiger partial charge on any atom is 0.387 e. The topological polar surface area (TPSA) is 97.7 Å². The van der Waals surface area contributed by atoms with Gasteiger partial charge in [0.1, 0.15) is 5.56 Å². The van der Waals surface area contributed by atoms with Crippen molar-refractivity contribution in [1.29, 1.82) is 0 Å². The number of rotatable bonds is 6. The molecule has 32 heavy (non-hydrogen) atoms. The van der Waals surface area contributed by atoms with Crippen LogP contribution >= 0.6 is 0 Å². The van der Waals surface area contributed by atoms with Crippen LogP contribution in [0.25, 0.3) is 16.5 Å². The third-order valence-electron chi connectivity index (χ3n) is 5.36. The molecule has 10 heteroatoms. The second kappa shape index (κ2) is 8.66. The molecule has 2 heterocycles. The number of H-pyrrole nitrogens is 1. The number of hydrogen-bond donors (Lipinski definition) is 1. The molecule has 1 aromatic heterocycles. The zero-order valence-corrected chi connectivity index (χ0v) is 17.0. The average molecular weight is 443 g/mol. The molecule has 1 aliphatic rings. The number of amides is 1. The number of aromatic nitrogens is 1. The Morgan fingerprint density at radius 3 is 2.69 bits per heavy atom. The lowest BCUT2D eigenvalue weighted by molar-refractivity contribution is -0.385. The third kappa shape index (κ3) is 3.98. The van der Waals surface area contributed by atoms with Gasteiger partial charge in [-0.1, -0.05) is 24.3 Å². The highest BCUT2D eigenvalue weighted by Crippen LogP contribution is 2.37. The highest BCUT2D eigenvalue weighted by atomic mass is 19.3. The summed E-state index contributed by atoms with van der Waals surface area (Å²) in [6.45, 7) is -2.60. The fourth-order valence-corrected chi connectivity index (χ4v) is 3.82. The predicted molar refractivity (Wildman–Crippen MR) is 113 cm³/mol. The summed E-state index contributed by atoms with van der Waals surface area (Å²) >= 11 is 0. The molecule has 4 rings (SSSR count). The van der Waals surface area contributed by atoms with Crippen LogP contribution in [0.15, 0.2) is 48.7 Å². The summed E-state index contributed by atoms with van der Waals surface area (Å²) in [5, 5.41) is 12.6. The van der Waals surface area contributed by atoms with Crippen molar-refractivity contribution in [3.63, 3.8) is 0 Å². The van der Waals surface area contributed by atoms with Crippen LogP contribution in [0.5, 0.6) is 11.5 Å². The molecule has 0 radical (unpaired) electrons. The van der Waals surface area contributed by atoms with Crippen LogP contribution in [0.4, 0.5) is 14.5 Å². The molecular formula is C22H19F2N3O5. The standard InChI is InChI=1S/C22H19F2N3O5/c1-31-19-10-15(18(27(29)30)11-20(19)32-22(23)24)21(28)26-8-6-13(7-9-26)16-12-25-17-5-3-2-4-14(16)17/h2-6,10-12,22,25H,7-9H2,1H3. The van der Waals surface area contributed by atoms with Gasteiger partial charge < -0.3 is 19.4 Å². The number of hydrogen-bond acceptors (Lipinski definition) is 5. The number of para-hydroxylation sites is 1. The Morgan fingerprint density at radius 2 is 2.03 bits per heavy atom. The molecule has 0 saturated carbocycles. The number of nitrogens with one attached hydrogen (secondary N) is 1. The number of aromatic amines is 1. The van der Waals surface area contributed by atoms with Gasteiger partial charge >= 0.3 is 6.61 Å². The number of alkyl halides is 2. The lowest BCUT2D eigenvalue weighted by Crippen LogP contribution is -2.35. The highest BCUT2D eigenvalue weighted by Gasteiger charge is 2.30. The van der Waals surface area contributed by atoms with Gasteiger partial charge in [-0.05, 0) is 18.1 Å². The predicted octanol–water partition coefficient (Wildman–Crippen LogP) is 4.62. The molecule has 3 aromatic rings. The quantitative estimate of drug-likeness (QED) is 0.443. The van der Waals surface area contributed by atoms with Crippen molar-refractivity contribution in [2.24, 2.45) is 0 Å². The number of nitro benzene ring substituents is 1. The smallest absolute Gasteiger partial charge is 0.387 e. The van der Waals surface area contributed by atoms with Gasteiger partial charge in [-0.3, -0.25) is 14.9 Å². The minimum absolute atomic E-state index is 0.189. The summed E-state index contributed by atoms with van der Waals surface area (Å²) in [6, 6.07) is 9.74. The molecule has 0 unspecified atom stereocenters. The summed E-state index contributed by atoms with van der Waals surface area (Å²) in [5.41, 5.74) is 2.25. The van der Waals surface area contributed by atoms with Crippen LogP contribution < -0.4 is 9.47 Å². The lowest BCUT2D eigenvalue weighted by Gasteiger charge is -2.26. The Labute approximate surface area is 181 Å². The molecule has 1 N–H and O–H groups in total. The Morgan fingerprint density at radius 1 is 1.25 bits per heavy atom. The molecule has 8 nitrogen and oxygen atoms in total. The first-order valence-corrected chi connectivity index (χ1v) is 9.75. The van der Waals surface area contributed by atoms with Crippen molar-refractivity contribution in [2.45, 2.75) is 13.0 Å². The van der Waals surface area contributed by atoms with Crippen molar-refractivity contribution in [3.05, 3.63) is 69.9 Å². The number of carbonyl (C=O) groups is 1. The van der Waals surface area contributed by atoms with Gasteiger partial charge in [0, 0.05) is 41.8 Å². The molecule has 0 fully saturated rings. The van der Waals surface area contributed by atoms with Gasteiger partial charge in [0.25, 0.3) is 11.6 Å². The number of nitrogens with zero attached hydrogens (tertiary/aromatic N) is 2. The Hall–Kier alpha value is -3.95. The van der Waals surface area contributed by atoms with Crippen molar-refractivity contribution >= 4 is 28.1 Å². The Bertz CT molecular complexity index is 1220. The molecule has 0 saturated heterocycles. The first-order valence-electron chi connectivity index (χ1n) is 9.75. The molecular weight excluding hydrogens is 424 g/mol. The van der Waals surface area contributed by atoms with E-state index in [0.717, 1.165) is 34.2 Å². The highest BCUT2D eigenvalue weighted by molar-refractivity contribution is 6.00. The van der Waals surface area contributed by atoms with Gasteiger partial charge in [0.05, 0.1) is 18.1 Å². The number of methoxy groups -OCH3 is 1. The van der Waals surface area contributed by atoms with Gasteiger partial charge in [-0.15, -0.1) is 0 Å². The second-order valence-electron chi connectivity index (χ2n) is 7.13. The van der Waals surface area contributed by atoms with Gasteiger partial charge in [-0.25, -0.2) is 0 Å². The minimum atomic E-state index is -3.19. The third-order valence-corrected chi connectivity index (χ3v) is 5.36. The summed E-state index contributed by atoms with van der Waals surface area (Å²) in [7, 11) is 1.20. The van der Waals surface area contributed by atoms with Crippen LogP contribution in [0, 0.1) is 10.1 Å². The van der Waals surface area contributed by atoms with Crippen LogP contribution in [-0.4, -0.2) is 47.5 Å². The van der Waals surface area contributed by atoms with Crippen LogP contribution in [0.3, 0.4) is 0 Å². The Balaban J connectivity index is 1.61. The van der Waals surface area contributed by atoms with Crippen LogP contribution in [0.1, 0.15) is 22.3 Å². The van der Waals surface area contributed by atoms with Gasteiger partial charge in [-0.2, -0.15) is 8.78 Å². The second-order valence-corrected chi connectivity index (χ2v) is 7.13. The van der Waals surface area contributed by atoms with Gasteiger partial charge in [0.2, 0.25) is 0 Å².